The maximum atomic E-state index is 5.02. The van der Waals surface area contributed by atoms with Gasteiger partial charge in [-0.3, -0.25) is 0 Å². The van der Waals surface area contributed by atoms with Gasteiger partial charge in [-0.1, -0.05) is 117 Å². The Balaban J connectivity index is 1.31. The maximum Gasteiger partial charge on any atom is 0.164 e. The van der Waals surface area contributed by atoms with Gasteiger partial charge in [0.15, 0.2) is 17.5 Å². The predicted octanol–water partition coefficient (Wildman–Crippen LogP) is 9.49. The molecule has 41 heavy (non-hydrogen) atoms. The minimum Gasteiger partial charge on any atom is -0.208 e. The quantitative estimate of drug-likeness (QED) is 0.231. The Hall–Kier alpha value is -5.15. The number of nitrogens with zero attached hydrogens (tertiary/aromatic N) is 3. The fourth-order valence-electron chi connectivity index (χ4n) is 6.26. The Kier molecular flexibility index (Phi) is 5.17. The van der Waals surface area contributed by atoms with Crippen molar-refractivity contribution in [1.29, 1.82) is 0 Å². The van der Waals surface area contributed by atoms with Gasteiger partial charge in [-0.2, -0.15) is 0 Å². The lowest BCUT2D eigenvalue weighted by atomic mass is 9.82. The van der Waals surface area contributed by atoms with E-state index in [1.54, 1.807) is 0 Å². The highest BCUT2D eigenvalue weighted by Gasteiger charge is 2.35. The molecule has 3 heteroatoms. The van der Waals surface area contributed by atoms with Gasteiger partial charge in [0.25, 0.3) is 0 Å². The van der Waals surface area contributed by atoms with Crippen LogP contribution in [0.4, 0.5) is 0 Å². The van der Waals surface area contributed by atoms with Crippen LogP contribution in [0, 0.1) is 0 Å². The Morgan fingerprint density at radius 2 is 0.951 bits per heavy atom. The van der Waals surface area contributed by atoms with Crippen LogP contribution in [0.25, 0.3) is 66.8 Å². The van der Waals surface area contributed by atoms with E-state index >= 15 is 0 Å². The lowest BCUT2D eigenvalue weighted by Gasteiger charge is -2.21. The molecule has 0 N–H and O–H groups in total. The van der Waals surface area contributed by atoms with Gasteiger partial charge in [0, 0.05) is 22.1 Å². The largest absolute Gasteiger partial charge is 0.208 e. The van der Waals surface area contributed by atoms with Gasteiger partial charge < -0.3 is 0 Å². The van der Waals surface area contributed by atoms with Crippen LogP contribution >= 0.6 is 0 Å². The second kappa shape index (κ2) is 8.94. The molecule has 0 atom stereocenters. The lowest BCUT2D eigenvalue weighted by molar-refractivity contribution is 0.661. The SMILES string of the molecule is CC1(C)c2ccccc2-c2cc3cc(-c4nc(-c5ccccc5)nc(-c5ccc6ccccc6c5)n4)ccc3cc21. The second-order valence-electron chi connectivity index (χ2n) is 11.4. The van der Waals surface area contributed by atoms with Crippen molar-refractivity contribution in [2.24, 2.45) is 0 Å². The van der Waals surface area contributed by atoms with Gasteiger partial charge in [0.2, 0.25) is 0 Å². The van der Waals surface area contributed by atoms with E-state index in [1.807, 2.05) is 30.3 Å². The molecule has 0 aliphatic heterocycles. The standard InChI is InChI=1S/C38H27N3/c1-38(2)33-15-9-8-14-31(33)32-22-30-21-29(19-17-27(30)23-34(32)38)37-40-35(25-11-4-3-5-12-25)39-36(41-37)28-18-16-24-10-6-7-13-26(24)20-28/h3-23H,1-2H3. The van der Waals surface area contributed by atoms with E-state index in [9.17, 15) is 0 Å². The van der Waals surface area contributed by atoms with Gasteiger partial charge in [0.05, 0.1) is 0 Å². The molecule has 0 radical (unpaired) electrons. The van der Waals surface area contributed by atoms with Crippen LogP contribution in [0.1, 0.15) is 25.0 Å². The van der Waals surface area contributed by atoms with Crippen LogP contribution in [0.3, 0.4) is 0 Å². The molecule has 8 rings (SSSR count). The third kappa shape index (κ3) is 3.85. The molecule has 0 unspecified atom stereocenters. The molecule has 1 aliphatic carbocycles. The van der Waals surface area contributed by atoms with Gasteiger partial charge in [-0.15, -0.1) is 0 Å². The Morgan fingerprint density at radius 3 is 1.71 bits per heavy atom. The summed E-state index contributed by atoms with van der Waals surface area (Å²) in [5, 5.41) is 4.76. The summed E-state index contributed by atoms with van der Waals surface area (Å²) in [5.74, 6) is 2.01. The first-order chi connectivity index (χ1) is 20.0. The van der Waals surface area contributed by atoms with Gasteiger partial charge >= 0.3 is 0 Å². The van der Waals surface area contributed by atoms with Crippen molar-refractivity contribution in [2.75, 3.05) is 0 Å². The summed E-state index contributed by atoms with van der Waals surface area (Å²) in [6.07, 6.45) is 0. The molecule has 0 spiro atoms. The first-order valence-corrected chi connectivity index (χ1v) is 14.0. The van der Waals surface area contributed by atoms with Crippen molar-refractivity contribution >= 4 is 21.5 Å². The number of benzene rings is 6. The van der Waals surface area contributed by atoms with Crippen LogP contribution in [-0.4, -0.2) is 15.0 Å². The van der Waals surface area contributed by atoms with E-state index in [2.05, 4.69) is 111 Å². The first kappa shape index (κ1) is 23.7. The topological polar surface area (TPSA) is 38.7 Å². The zero-order valence-corrected chi connectivity index (χ0v) is 23.0. The molecular weight excluding hydrogens is 498 g/mol. The maximum absolute atomic E-state index is 5.02. The summed E-state index contributed by atoms with van der Waals surface area (Å²) in [7, 11) is 0. The van der Waals surface area contributed by atoms with E-state index in [4.69, 9.17) is 15.0 Å². The summed E-state index contributed by atoms with van der Waals surface area (Å²) in [5.41, 5.74) is 8.30. The van der Waals surface area contributed by atoms with Crippen molar-refractivity contribution in [3.63, 3.8) is 0 Å². The number of aromatic nitrogens is 3. The average molecular weight is 526 g/mol. The smallest absolute Gasteiger partial charge is 0.164 e. The zero-order chi connectivity index (χ0) is 27.6. The van der Waals surface area contributed by atoms with Crippen LogP contribution in [0.2, 0.25) is 0 Å². The van der Waals surface area contributed by atoms with Crippen molar-refractivity contribution in [3.8, 4) is 45.3 Å². The minimum atomic E-state index is -0.0215. The molecule has 194 valence electrons. The number of hydrogen-bond donors (Lipinski definition) is 0. The Labute approximate surface area is 239 Å². The number of fused-ring (bicyclic) bond motifs is 5. The molecule has 0 saturated carbocycles. The molecule has 0 saturated heterocycles. The fraction of sp³-hybridized carbons (Fsp3) is 0.0789. The minimum absolute atomic E-state index is 0.0215. The average Bonchev–Trinajstić information content (AvgIpc) is 3.25. The van der Waals surface area contributed by atoms with E-state index in [0.717, 1.165) is 22.1 Å². The highest BCUT2D eigenvalue weighted by atomic mass is 15.0. The molecule has 6 aromatic carbocycles. The fourth-order valence-corrected chi connectivity index (χ4v) is 6.26. The normalized spacial score (nSPS) is 13.3. The van der Waals surface area contributed by atoms with E-state index in [0.29, 0.717) is 17.5 Å². The third-order valence-electron chi connectivity index (χ3n) is 8.47. The van der Waals surface area contributed by atoms with Gasteiger partial charge in [-0.05, 0) is 68.1 Å². The summed E-state index contributed by atoms with van der Waals surface area (Å²) in [4.78, 5) is 14.9. The van der Waals surface area contributed by atoms with Crippen molar-refractivity contribution in [1.82, 2.24) is 15.0 Å². The molecule has 1 aliphatic rings. The van der Waals surface area contributed by atoms with Crippen molar-refractivity contribution in [3.05, 3.63) is 139 Å². The van der Waals surface area contributed by atoms with Crippen molar-refractivity contribution < 1.29 is 0 Å². The van der Waals surface area contributed by atoms with Crippen LogP contribution in [-0.2, 0) is 5.41 Å². The van der Waals surface area contributed by atoms with E-state index in [-0.39, 0.29) is 5.41 Å². The van der Waals surface area contributed by atoms with Crippen LogP contribution in [0.15, 0.2) is 127 Å². The van der Waals surface area contributed by atoms with Gasteiger partial charge in [-0.25, -0.2) is 15.0 Å². The summed E-state index contributed by atoms with van der Waals surface area (Å²) in [6, 6.07) is 44.9. The highest BCUT2D eigenvalue weighted by molar-refractivity contribution is 5.95. The lowest BCUT2D eigenvalue weighted by Crippen LogP contribution is -2.14. The van der Waals surface area contributed by atoms with Gasteiger partial charge in [0.1, 0.15) is 0 Å². The van der Waals surface area contributed by atoms with Crippen molar-refractivity contribution in [2.45, 2.75) is 19.3 Å². The monoisotopic (exact) mass is 525 g/mol. The molecular formula is C38H27N3. The second-order valence-corrected chi connectivity index (χ2v) is 11.4. The molecule has 0 bridgehead atoms. The molecule has 7 aromatic rings. The van der Waals surface area contributed by atoms with E-state index < -0.39 is 0 Å². The molecule has 0 fully saturated rings. The molecule has 1 heterocycles. The molecule has 1 aromatic heterocycles. The van der Waals surface area contributed by atoms with Crippen LogP contribution < -0.4 is 0 Å². The Morgan fingerprint density at radius 1 is 0.390 bits per heavy atom. The predicted molar refractivity (Wildman–Crippen MR) is 169 cm³/mol. The summed E-state index contributed by atoms with van der Waals surface area (Å²) in [6.45, 7) is 4.64. The highest BCUT2D eigenvalue weighted by Crippen LogP contribution is 2.49. The summed E-state index contributed by atoms with van der Waals surface area (Å²) < 4.78 is 0. The molecule has 0 amide bonds. The van der Waals surface area contributed by atoms with Crippen LogP contribution in [0.5, 0.6) is 0 Å². The summed E-state index contributed by atoms with van der Waals surface area (Å²) >= 11 is 0. The zero-order valence-electron chi connectivity index (χ0n) is 23.0. The molecule has 3 nitrogen and oxygen atoms in total. The Bertz CT molecular complexity index is 2130. The number of hydrogen-bond acceptors (Lipinski definition) is 3. The third-order valence-corrected chi connectivity index (χ3v) is 8.47. The number of rotatable bonds is 3. The first-order valence-electron chi connectivity index (χ1n) is 14.0. The van der Waals surface area contributed by atoms with E-state index in [1.165, 1.54) is 38.4 Å².